The molecule has 0 spiro atoms. The van der Waals surface area contributed by atoms with Gasteiger partial charge in [-0.3, -0.25) is 0 Å². The molecule has 0 unspecified atom stereocenters. The van der Waals surface area contributed by atoms with Crippen molar-refractivity contribution in [3.63, 3.8) is 0 Å². The first-order valence-corrected chi connectivity index (χ1v) is 7.70. The Labute approximate surface area is 127 Å². The standard InChI is InChI=1S/C15H18BrNO3/c1-18-14-8-12(9-17)2-3-13(14)20-11-15(10-16)4-6-19-7-5-15/h2-3,8H,4-7,10-11H2,1H3. The molecule has 1 aromatic carbocycles. The summed E-state index contributed by atoms with van der Waals surface area (Å²) in [6.45, 7) is 2.17. The van der Waals surface area contributed by atoms with Crippen molar-refractivity contribution in [3.8, 4) is 17.6 Å². The zero-order valence-corrected chi connectivity index (χ0v) is 13.1. The smallest absolute Gasteiger partial charge is 0.162 e. The van der Waals surface area contributed by atoms with Gasteiger partial charge in [0.05, 0.1) is 25.3 Å². The van der Waals surface area contributed by atoms with E-state index in [4.69, 9.17) is 19.5 Å². The average molecular weight is 340 g/mol. The summed E-state index contributed by atoms with van der Waals surface area (Å²) in [5.74, 6) is 1.28. The molecular formula is C15H18BrNO3. The molecule has 0 amide bonds. The number of hydrogen-bond acceptors (Lipinski definition) is 4. The van der Waals surface area contributed by atoms with Crippen molar-refractivity contribution in [2.24, 2.45) is 5.41 Å². The number of halogens is 1. The van der Waals surface area contributed by atoms with Gasteiger partial charge in [-0.05, 0) is 25.0 Å². The second kappa shape index (κ2) is 6.96. The fourth-order valence-corrected chi connectivity index (χ4v) is 2.93. The highest BCUT2D eigenvalue weighted by atomic mass is 79.9. The Morgan fingerprint density at radius 1 is 1.35 bits per heavy atom. The molecule has 20 heavy (non-hydrogen) atoms. The van der Waals surface area contributed by atoms with E-state index in [1.807, 2.05) is 0 Å². The molecule has 0 bridgehead atoms. The van der Waals surface area contributed by atoms with Gasteiger partial charge in [-0.15, -0.1) is 0 Å². The van der Waals surface area contributed by atoms with Crippen molar-refractivity contribution in [3.05, 3.63) is 23.8 Å². The van der Waals surface area contributed by atoms with Crippen molar-refractivity contribution >= 4 is 15.9 Å². The molecule has 0 aliphatic carbocycles. The van der Waals surface area contributed by atoms with Gasteiger partial charge in [0.25, 0.3) is 0 Å². The lowest BCUT2D eigenvalue weighted by molar-refractivity contribution is 0.00314. The topological polar surface area (TPSA) is 51.5 Å². The van der Waals surface area contributed by atoms with E-state index in [0.717, 1.165) is 31.4 Å². The van der Waals surface area contributed by atoms with Crippen LogP contribution in [-0.2, 0) is 4.74 Å². The minimum atomic E-state index is 0.108. The molecule has 0 aromatic heterocycles. The number of rotatable bonds is 5. The van der Waals surface area contributed by atoms with Crippen LogP contribution >= 0.6 is 15.9 Å². The molecule has 108 valence electrons. The molecular weight excluding hydrogens is 322 g/mol. The maximum atomic E-state index is 8.89. The van der Waals surface area contributed by atoms with Crippen LogP contribution in [-0.4, -0.2) is 32.3 Å². The van der Waals surface area contributed by atoms with Crippen LogP contribution in [0, 0.1) is 16.7 Å². The van der Waals surface area contributed by atoms with E-state index in [2.05, 4.69) is 22.0 Å². The number of ether oxygens (including phenoxy) is 3. The maximum absolute atomic E-state index is 8.89. The fourth-order valence-electron chi connectivity index (χ4n) is 2.21. The van der Waals surface area contributed by atoms with Crippen LogP contribution in [0.5, 0.6) is 11.5 Å². The SMILES string of the molecule is COc1cc(C#N)ccc1OCC1(CBr)CCOCC1. The van der Waals surface area contributed by atoms with Crippen molar-refractivity contribution < 1.29 is 14.2 Å². The molecule has 1 aliphatic heterocycles. The molecule has 5 heteroatoms. The van der Waals surface area contributed by atoms with Crippen LogP contribution in [0.15, 0.2) is 18.2 Å². The Kier molecular flexibility index (Phi) is 5.27. The van der Waals surface area contributed by atoms with Gasteiger partial charge in [0.2, 0.25) is 0 Å². The van der Waals surface area contributed by atoms with E-state index < -0.39 is 0 Å². The third-order valence-corrected chi connectivity index (χ3v) is 4.85. The largest absolute Gasteiger partial charge is 0.493 e. The van der Waals surface area contributed by atoms with Crippen LogP contribution in [0.3, 0.4) is 0 Å². The van der Waals surface area contributed by atoms with Gasteiger partial charge in [-0.2, -0.15) is 5.26 Å². The van der Waals surface area contributed by atoms with Gasteiger partial charge in [0.1, 0.15) is 0 Å². The number of methoxy groups -OCH3 is 1. The van der Waals surface area contributed by atoms with Crippen LogP contribution in [0.4, 0.5) is 0 Å². The summed E-state index contributed by atoms with van der Waals surface area (Å²) in [5, 5.41) is 9.79. The van der Waals surface area contributed by atoms with Crippen molar-refractivity contribution in [2.75, 3.05) is 32.3 Å². The predicted octanol–water partition coefficient (Wildman–Crippen LogP) is 3.14. The van der Waals surface area contributed by atoms with E-state index in [1.54, 1.807) is 25.3 Å². The van der Waals surface area contributed by atoms with Gasteiger partial charge >= 0.3 is 0 Å². The minimum Gasteiger partial charge on any atom is -0.493 e. The Hall–Kier alpha value is -1.25. The number of benzene rings is 1. The van der Waals surface area contributed by atoms with E-state index in [-0.39, 0.29) is 5.41 Å². The van der Waals surface area contributed by atoms with E-state index in [9.17, 15) is 0 Å². The number of alkyl halides is 1. The monoisotopic (exact) mass is 339 g/mol. The molecule has 0 radical (unpaired) electrons. The third kappa shape index (κ3) is 3.44. The average Bonchev–Trinajstić information content (AvgIpc) is 2.53. The minimum absolute atomic E-state index is 0.108. The lowest BCUT2D eigenvalue weighted by atomic mass is 9.83. The molecule has 1 aliphatic rings. The number of nitrogens with zero attached hydrogens (tertiary/aromatic N) is 1. The lowest BCUT2D eigenvalue weighted by Crippen LogP contribution is -2.36. The van der Waals surface area contributed by atoms with Gasteiger partial charge in [0, 0.05) is 30.0 Å². The van der Waals surface area contributed by atoms with Gasteiger partial charge in [-0.1, -0.05) is 15.9 Å². The summed E-state index contributed by atoms with van der Waals surface area (Å²) in [6, 6.07) is 7.32. The summed E-state index contributed by atoms with van der Waals surface area (Å²) in [6.07, 6.45) is 1.97. The summed E-state index contributed by atoms with van der Waals surface area (Å²) in [7, 11) is 1.58. The quantitative estimate of drug-likeness (QED) is 0.773. The van der Waals surface area contributed by atoms with Crippen LogP contribution in [0.1, 0.15) is 18.4 Å². The number of nitriles is 1. The predicted molar refractivity (Wildman–Crippen MR) is 79.5 cm³/mol. The Morgan fingerprint density at radius 2 is 2.10 bits per heavy atom. The highest BCUT2D eigenvalue weighted by Gasteiger charge is 2.32. The molecule has 0 saturated carbocycles. The first-order valence-electron chi connectivity index (χ1n) is 6.58. The van der Waals surface area contributed by atoms with Crippen molar-refractivity contribution in [1.29, 1.82) is 5.26 Å². The van der Waals surface area contributed by atoms with Crippen LogP contribution in [0.25, 0.3) is 0 Å². The van der Waals surface area contributed by atoms with E-state index in [0.29, 0.717) is 23.7 Å². The normalized spacial score (nSPS) is 17.2. The molecule has 1 saturated heterocycles. The van der Waals surface area contributed by atoms with Gasteiger partial charge in [0.15, 0.2) is 11.5 Å². The molecule has 1 fully saturated rings. The van der Waals surface area contributed by atoms with Crippen molar-refractivity contribution in [1.82, 2.24) is 0 Å². The molecule has 1 heterocycles. The first-order chi connectivity index (χ1) is 9.73. The Balaban J connectivity index is 2.08. The van der Waals surface area contributed by atoms with E-state index >= 15 is 0 Å². The van der Waals surface area contributed by atoms with E-state index in [1.165, 1.54) is 0 Å². The molecule has 2 rings (SSSR count). The fraction of sp³-hybridized carbons (Fsp3) is 0.533. The maximum Gasteiger partial charge on any atom is 0.162 e. The molecule has 0 N–H and O–H groups in total. The molecule has 1 aromatic rings. The van der Waals surface area contributed by atoms with Crippen LogP contribution < -0.4 is 9.47 Å². The zero-order chi connectivity index (χ0) is 14.4. The second-order valence-electron chi connectivity index (χ2n) is 5.01. The highest BCUT2D eigenvalue weighted by molar-refractivity contribution is 9.09. The van der Waals surface area contributed by atoms with Crippen molar-refractivity contribution in [2.45, 2.75) is 12.8 Å². The summed E-state index contributed by atoms with van der Waals surface area (Å²) < 4.78 is 16.6. The first kappa shape index (κ1) is 15.1. The van der Waals surface area contributed by atoms with Gasteiger partial charge < -0.3 is 14.2 Å². The number of hydrogen-bond donors (Lipinski definition) is 0. The highest BCUT2D eigenvalue weighted by Crippen LogP contribution is 2.35. The second-order valence-corrected chi connectivity index (χ2v) is 5.57. The molecule has 0 atom stereocenters. The Bertz CT molecular complexity index is 492. The summed E-state index contributed by atoms with van der Waals surface area (Å²) in [4.78, 5) is 0. The van der Waals surface area contributed by atoms with Gasteiger partial charge in [-0.25, -0.2) is 0 Å². The summed E-state index contributed by atoms with van der Waals surface area (Å²) in [5.41, 5.74) is 0.674. The zero-order valence-electron chi connectivity index (χ0n) is 11.5. The molecule has 4 nitrogen and oxygen atoms in total. The third-order valence-electron chi connectivity index (χ3n) is 3.66. The summed E-state index contributed by atoms with van der Waals surface area (Å²) >= 11 is 3.59. The van der Waals surface area contributed by atoms with Crippen LogP contribution in [0.2, 0.25) is 0 Å². The lowest BCUT2D eigenvalue weighted by Gasteiger charge is -2.35. The Morgan fingerprint density at radius 3 is 2.70 bits per heavy atom.